The fourth-order valence-corrected chi connectivity index (χ4v) is 4.79. The lowest BCUT2D eigenvalue weighted by Crippen LogP contribution is -2.55. The monoisotopic (exact) mass is 559 g/mol. The van der Waals surface area contributed by atoms with Crippen molar-refractivity contribution in [2.24, 2.45) is 0 Å². The maximum atomic E-state index is 13.1. The highest BCUT2D eigenvalue weighted by Gasteiger charge is 2.37. The summed E-state index contributed by atoms with van der Waals surface area (Å²) in [5.41, 5.74) is -2.60. The number of aromatic nitrogens is 2. The average molecular weight is 560 g/mol. The van der Waals surface area contributed by atoms with E-state index in [1.165, 1.54) is 16.4 Å². The Labute approximate surface area is 218 Å². The number of hydrogen-bond donors (Lipinski definition) is 1. The van der Waals surface area contributed by atoms with E-state index in [1.54, 1.807) is 14.0 Å². The van der Waals surface area contributed by atoms with Crippen molar-refractivity contribution in [2.75, 3.05) is 37.0 Å². The van der Waals surface area contributed by atoms with Gasteiger partial charge in [-0.2, -0.15) is 30.7 Å². The third-order valence-corrected chi connectivity index (χ3v) is 6.77. The highest BCUT2D eigenvalue weighted by molar-refractivity contribution is 7.09. The Morgan fingerprint density at radius 3 is 2.37 bits per heavy atom. The fourth-order valence-electron chi connectivity index (χ4n) is 4.07. The zero-order valence-corrected chi connectivity index (χ0v) is 21.0. The number of carbonyl (C=O) groups excluding carboxylic acids is 1. The summed E-state index contributed by atoms with van der Waals surface area (Å²) in [7, 11) is 1.58. The van der Waals surface area contributed by atoms with Crippen LogP contribution in [0.25, 0.3) is 0 Å². The van der Waals surface area contributed by atoms with E-state index in [4.69, 9.17) is 4.74 Å². The Kier molecular flexibility index (Phi) is 7.72. The van der Waals surface area contributed by atoms with Crippen LogP contribution in [0, 0.1) is 0 Å². The van der Waals surface area contributed by atoms with Crippen LogP contribution in [0.3, 0.4) is 0 Å². The molecule has 1 unspecified atom stereocenters. The molecule has 0 radical (unpaired) electrons. The molecular weight excluding hydrogens is 536 g/mol. The molecule has 4 rings (SSSR count). The molecule has 1 atom stereocenters. The number of benzene rings is 2. The normalized spacial score (nSPS) is 16.5. The Hall–Kier alpha value is -3.55. The van der Waals surface area contributed by atoms with E-state index >= 15 is 0 Å². The first-order valence-corrected chi connectivity index (χ1v) is 12.2. The molecule has 1 aromatic heterocycles. The zero-order chi connectivity index (χ0) is 27.7. The molecule has 7 nitrogen and oxygen atoms in total. The van der Waals surface area contributed by atoms with Crippen molar-refractivity contribution in [1.82, 2.24) is 14.3 Å². The Morgan fingerprint density at radius 1 is 1.08 bits per heavy atom. The zero-order valence-electron chi connectivity index (χ0n) is 20.2. The van der Waals surface area contributed by atoms with Crippen LogP contribution in [0.1, 0.15) is 29.4 Å². The Bertz CT molecular complexity index is 1260. The lowest BCUT2D eigenvalue weighted by molar-refractivity contribution is -0.143. The van der Waals surface area contributed by atoms with Crippen LogP contribution in [0.15, 0.2) is 42.5 Å². The number of carbonyl (C=O) groups is 1. The van der Waals surface area contributed by atoms with Gasteiger partial charge in [-0.05, 0) is 42.8 Å². The van der Waals surface area contributed by atoms with E-state index < -0.39 is 41.2 Å². The summed E-state index contributed by atoms with van der Waals surface area (Å²) in [5, 5.41) is 2.85. The summed E-state index contributed by atoms with van der Waals surface area (Å²) in [6, 6.07) is 7.33. The molecule has 0 aliphatic carbocycles. The lowest BCUT2D eigenvalue weighted by atomic mass is 10.1. The van der Waals surface area contributed by atoms with E-state index in [2.05, 4.69) is 14.7 Å². The molecular formula is C24H23F6N5O2S. The second-order valence-corrected chi connectivity index (χ2v) is 9.46. The first-order valence-electron chi connectivity index (χ1n) is 11.4. The molecule has 14 heteroatoms. The maximum absolute atomic E-state index is 13.1. The van der Waals surface area contributed by atoms with Crippen molar-refractivity contribution in [3.63, 3.8) is 0 Å². The van der Waals surface area contributed by atoms with Gasteiger partial charge < -0.3 is 19.9 Å². The van der Waals surface area contributed by atoms with Gasteiger partial charge in [-0.15, -0.1) is 0 Å². The molecule has 0 bridgehead atoms. The van der Waals surface area contributed by atoms with E-state index in [-0.39, 0.29) is 12.6 Å². The van der Waals surface area contributed by atoms with Crippen LogP contribution < -0.4 is 15.0 Å². The smallest absolute Gasteiger partial charge is 0.416 e. The van der Waals surface area contributed by atoms with Crippen LogP contribution >= 0.6 is 11.5 Å². The van der Waals surface area contributed by atoms with Gasteiger partial charge in [0.2, 0.25) is 5.13 Å². The number of piperazine rings is 1. The second-order valence-electron chi connectivity index (χ2n) is 8.73. The third-order valence-electron chi connectivity index (χ3n) is 5.95. The number of halogens is 6. The molecule has 38 heavy (non-hydrogen) atoms. The van der Waals surface area contributed by atoms with Crippen LogP contribution in [0.2, 0.25) is 0 Å². The first kappa shape index (κ1) is 27.5. The molecule has 2 aromatic carbocycles. The summed E-state index contributed by atoms with van der Waals surface area (Å²) in [6.45, 7) is 2.64. The number of methoxy groups -OCH3 is 1. The van der Waals surface area contributed by atoms with Crippen molar-refractivity contribution < 1.29 is 35.9 Å². The second kappa shape index (κ2) is 10.7. The van der Waals surface area contributed by atoms with Crippen LogP contribution in [0.4, 0.5) is 42.0 Å². The minimum atomic E-state index is -5.01. The molecule has 1 aliphatic rings. The van der Waals surface area contributed by atoms with E-state index in [9.17, 15) is 31.1 Å². The predicted molar refractivity (Wildman–Crippen MR) is 130 cm³/mol. The first-order chi connectivity index (χ1) is 17.8. The van der Waals surface area contributed by atoms with Crippen LogP contribution in [-0.4, -0.2) is 53.1 Å². The number of ether oxygens (including phenoxy) is 1. The SMILES string of the molecule is COc1cccc(Cc2nsc(N3CCN(C(=O)Nc4cc(C(F)(F)F)cc(C(F)(F)F)c4)C(C)C3)n2)c1. The number of anilines is 2. The molecule has 1 fully saturated rings. The topological polar surface area (TPSA) is 70.6 Å². The summed E-state index contributed by atoms with van der Waals surface area (Å²) in [5.74, 6) is 1.34. The van der Waals surface area contributed by atoms with Crippen LogP contribution in [-0.2, 0) is 18.8 Å². The fraction of sp³-hybridized carbons (Fsp3) is 0.375. The number of alkyl halides is 6. The van der Waals surface area contributed by atoms with Crippen molar-refractivity contribution >= 4 is 28.4 Å². The van der Waals surface area contributed by atoms with Gasteiger partial charge in [0, 0.05) is 49.3 Å². The summed E-state index contributed by atoms with van der Waals surface area (Å²) in [4.78, 5) is 20.7. The van der Waals surface area contributed by atoms with Gasteiger partial charge in [0.05, 0.1) is 18.2 Å². The molecule has 3 aromatic rings. The van der Waals surface area contributed by atoms with Gasteiger partial charge in [0.15, 0.2) is 0 Å². The minimum Gasteiger partial charge on any atom is -0.497 e. The molecule has 2 amide bonds. The number of hydrogen-bond acceptors (Lipinski definition) is 6. The highest BCUT2D eigenvalue weighted by atomic mass is 32.1. The molecule has 2 heterocycles. The van der Waals surface area contributed by atoms with Crippen molar-refractivity contribution in [1.29, 1.82) is 0 Å². The molecule has 1 aliphatic heterocycles. The van der Waals surface area contributed by atoms with Gasteiger partial charge in [-0.25, -0.2) is 9.78 Å². The van der Waals surface area contributed by atoms with Crippen LogP contribution in [0.5, 0.6) is 5.75 Å². The van der Waals surface area contributed by atoms with Gasteiger partial charge >= 0.3 is 18.4 Å². The Morgan fingerprint density at radius 2 is 1.76 bits per heavy atom. The van der Waals surface area contributed by atoms with Gasteiger partial charge in [-0.1, -0.05) is 12.1 Å². The number of amides is 2. The molecule has 1 N–H and O–H groups in total. The van der Waals surface area contributed by atoms with E-state index in [1.807, 2.05) is 29.2 Å². The van der Waals surface area contributed by atoms with Crippen molar-refractivity contribution in [3.8, 4) is 5.75 Å². The standard InChI is InChI=1S/C24H23F6N5O2S/c1-14-13-34(22-32-20(33-38-22)9-15-4-3-5-19(8-15)37-2)6-7-35(14)21(36)31-18-11-16(23(25,26)27)10-17(12-18)24(28,29)30/h3-5,8,10-12,14H,6-7,9,13H2,1-2H3,(H,31,36). The summed E-state index contributed by atoms with van der Waals surface area (Å²) >= 11 is 1.21. The van der Waals surface area contributed by atoms with Gasteiger partial charge in [-0.3, -0.25) is 0 Å². The third kappa shape index (κ3) is 6.47. The van der Waals surface area contributed by atoms with E-state index in [0.717, 1.165) is 11.3 Å². The summed E-state index contributed by atoms with van der Waals surface area (Å²) in [6.07, 6.45) is -9.51. The average Bonchev–Trinajstić information content (AvgIpc) is 3.31. The highest BCUT2D eigenvalue weighted by Crippen LogP contribution is 2.37. The van der Waals surface area contributed by atoms with Gasteiger partial charge in [0.1, 0.15) is 11.6 Å². The number of nitrogens with zero attached hydrogens (tertiary/aromatic N) is 4. The summed E-state index contributed by atoms with van der Waals surface area (Å²) < 4.78 is 88.5. The Balaban J connectivity index is 1.41. The van der Waals surface area contributed by atoms with Gasteiger partial charge in [0.25, 0.3) is 0 Å². The number of urea groups is 1. The molecule has 0 spiro atoms. The quantitative estimate of drug-likeness (QED) is 0.393. The molecule has 0 saturated carbocycles. The van der Waals surface area contributed by atoms with E-state index in [0.29, 0.717) is 42.6 Å². The van der Waals surface area contributed by atoms with Crippen molar-refractivity contribution in [3.05, 3.63) is 65.0 Å². The minimum absolute atomic E-state index is 0.0155. The predicted octanol–water partition coefficient (Wildman–Crippen LogP) is 5.92. The molecule has 204 valence electrons. The van der Waals surface area contributed by atoms with Crippen molar-refractivity contribution in [2.45, 2.75) is 31.7 Å². The molecule has 1 saturated heterocycles. The maximum Gasteiger partial charge on any atom is 0.416 e. The largest absolute Gasteiger partial charge is 0.497 e. The number of rotatable bonds is 5. The lowest BCUT2D eigenvalue weighted by Gasteiger charge is -2.39. The number of nitrogens with one attached hydrogen (secondary N) is 1.